The molecule has 4 heteroatoms. The summed E-state index contributed by atoms with van der Waals surface area (Å²) in [5.41, 5.74) is 4.86. The van der Waals surface area contributed by atoms with Crippen molar-refractivity contribution in [2.24, 2.45) is 5.73 Å². The van der Waals surface area contributed by atoms with Crippen molar-refractivity contribution in [1.82, 2.24) is 0 Å². The van der Waals surface area contributed by atoms with Gasteiger partial charge in [0.1, 0.15) is 11.6 Å². The molecule has 72 valence electrons. The summed E-state index contributed by atoms with van der Waals surface area (Å²) in [5.74, 6) is -1.47. The Hall–Kier alpha value is -1.00. The SMILES string of the molecule is NCCC(O)c1c(F)cccc1F. The fourth-order valence-electron chi connectivity index (χ4n) is 1.13. The molecule has 1 aromatic rings. The van der Waals surface area contributed by atoms with E-state index in [2.05, 4.69) is 0 Å². The number of nitrogens with two attached hydrogens (primary N) is 1. The fourth-order valence-corrected chi connectivity index (χ4v) is 1.13. The monoisotopic (exact) mass is 187 g/mol. The molecule has 0 fully saturated rings. The number of rotatable bonds is 3. The van der Waals surface area contributed by atoms with Crippen LogP contribution in [0.4, 0.5) is 8.78 Å². The Kier molecular flexibility index (Phi) is 3.33. The van der Waals surface area contributed by atoms with Crippen LogP contribution in [0.3, 0.4) is 0 Å². The predicted molar refractivity (Wildman–Crippen MR) is 45.0 cm³/mol. The van der Waals surface area contributed by atoms with Crippen molar-refractivity contribution < 1.29 is 13.9 Å². The molecule has 3 N–H and O–H groups in total. The van der Waals surface area contributed by atoms with E-state index in [0.29, 0.717) is 0 Å². The molecule has 1 rings (SSSR count). The molecule has 2 nitrogen and oxygen atoms in total. The standard InChI is InChI=1S/C9H11F2NO/c10-6-2-1-3-7(11)9(6)8(13)4-5-12/h1-3,8,13H,4-5,12H2. The van der Waals surface area contributed by atoms with Gasteiger partial charge in [-0.05, 0) is 25.1 Å². The number of hydrogen-bond acceptors (Lipinski definition) is 2. The third-order valence-electron chi connectivity index (χ3n) is 1.77. The first-order chi connectivity index (χ1) is 6.16. The van der Waals surface area contributed by atoms with Crippen LogP contribution in [0.25, 0.3) is 0 Å². The van der Waals surface area contributed by atoms with Gasteiger partial charge in [-0.25, -0.2) is 8.78 Å². The summed E-state index contributed by atoms with van der Waals surface area (Å²) in [7, 11) is 0. The Balaban J connectivity index is 2.98. The lowest BCUT2D eigenvalue weighted by Crippen LogP contribution is -2.09. The molecular weight excluding hydrogens is 176 g/mol. The number of benzene rings is 1. The van der Waals surface area contributed by atoms with Crippen molar-refractivity contribution in [1.29, 1.82) is 0 Å². The molecule has 0 saturated heterocycles. The third kappa shape index (κ3) is 2.23. The van der Waals surface area contributed by atoms with E-state index in [9.17, 15) is 13.9 Å². The van der Waals surface area contributed by atoms with Gasteiger partial charge < -0.3 is 10.8 Å². The van der Waals surface area contributed by atoms with Gasteiger partial charge in [0.15, 0.2) is 0 Å². The Morgan fingerprint density at radius 1 is 1.31 bits per heavy atom. The molecule has 0 radical (unpaired) electrons. The van der Waals surface area contributed by atoms with Crippen LogP contribution in [-0.2, 0) is 0 Å². The minimum absolute atomic E-state index is 0.151. The second-order valence-corrected chi connectivity index (χ2v) is 2.73. The van der Waals surface area contributed by atoms with Gasteiger partial charge in [0.2, 0.25) is 0 Å². The van der Waals surface area contributed by atoms with Crippen molar-refractivity contribution >= 4 is 0 Å². The van der Waals surface area contributed by atoms with Crippen LogP contribution in [0, 0.1) is 11.6 Å². The molecule has 1 atom stereocenters. The van der Waals surface area contributed by atoms with Crippen LogP contribution in [0.15, 0.2) is 18.2 Å². The summed E-state index contributed by atoms with van der Waals surface area (Å²) < 4.78 is 26.0. The normalized spacial score (nSPS) is 12.9. The number of halogens is 2. The number of hydrogen-bond donors (Lipinski definition) is 2. The highest BCUT2D eigenvalue weighted by Gasteiger charge is 2.16. The molecule has 0 spiro atoms. The highest BCUT2D eigenvalue weighted by Crippen LogP contribution is 2.22. The minimum atomic E-state index is -1.16. The van der Waals surface area contributed by atoms with Gasteiger partial charge in [-0.15, -0.1) is 0 Å². The molecular formula is C9H11F2NO. The van der Waals surface area contributed by atoms with Crippen LogP contribution in [0.5, 0.6) is 0 Å². The quantitative estimate of drug-likeness (QED) is 0.750. The zero-order chi connectivity index (χ0) is 9.84. The number of aliphatic hydroxyl groups excluding tert-OH is 1. The van der Waals surface area contributed by atoms with Crippen LogP contribution in [0.2, 0.25) is 0 Å². The molecule has 1 aromatic carbocycles. The van der Waals surface area contributed by atoms with E-state index >= 15 is 0 Å². The summed E-state index contributed by atoms with van der Waals surface area (Å²) >= 11 is 0. The van der Waals surface area contributed by atoms with E-state index in [0.717, 1.165) is 12.1 Å². The highest BCUT2D eigenvalue weighted by atomic mass is 19.1. The summed E-state index contributed by atoms with van der Waals surface area (Å²) in [6.07, 6.45) is -1.01. The van der Waals surface area contributed by atoms with Crippen LogP contribution >= 0.6 is 0 Å². The van der Waals surface area contributed by atoms with Crippen molar-refractivity contribution in [3.05, 3.63) is 35.4 Å². The summed E-state index contributed by atoms with van der Waals surface area (Å²) in [5, 5.41) is 9.32. The van der Waals surface area contributed by atoms with Crippen molar-refractivity contribution in [3.63, 3.8) is 0 Å². The van der Waals surface area contributed by atoms with Crippen molar-refractivity contribution in [2.75, 3.05) is 6.54 Å². The molecule has 0 bridgehead atoms. The summed E-state index contributed by atoms with van der Waals surface area (Å²) in [6, 6.07) is 3.47. The second-order valence-electron chi connectivity index (χ2n) is 2.73. The zero-order valence-corrected chi connectivity index (χ0v) is 7.00. The van der Waals surface area contributed by atoms with Crippen molar-refractivity contribution in [2.45, 2.75) is 12.5 Å². The lowest BCUT2D eigenvalue weighted by molar-refractivity contribution is 0.160. The number of aliphatic hydroxyl groups is 1. The molecule has 13 heavy (non-hydrogen) atoms. The first-order valence-corrected chi connectivity index (χ1v) is 3.99. The summed E-state index contributed by atoms with van der Waals surface area (Å²) in [4.78, 5) is 0. The van der Waals surface area contributed by atoms with Gasteiger partial charge >= 0.3 is 0 Å². The third-order valence-corrected chi connectivity index (χ3v) is 1.77. The molecule has 0 aliphatic rings. The van der Waals surface area contributed by atoms with E-state index in [1.165, 1.54) is 6.07 Å². The van der Waals surface area contributed by atoms with Gasteiger partial charge in [-0.2, -0.15) is 0 Å². The van der Waals surface area contributed by atoms with Crippen LogP contribution in [-0.4, -0.2) is 11.7 Å². The van der Waals surface area contributed by atoms with Gasteiger partial charge in [0, 0.05) is 0 Å². The predicted octanol–water partition coefficient (Wildman–Crippen LogP) is 1.35. The largest absolute Gasteiger partial charge is 0.388 e. The van der Waals surface area contributed by atoms with Gasteiger partial charge in [0.05, 0.1) is 11.7 Å². The zero-order valence-electron chi connectivity index (χ0n) is 7.00. The topological polar surface area (TPSA) is 46.2 Å². The minimum Gasteiger partial charge on any atom is -0.388 e. The molecule has 1 unspecified atom stereocenters. The van der Waals surface area contributed by atoms with E-state index < -0.39 is 17.7 Å². The lowest BCUT2D eigenvalue weighted by atomic mass is 10.1. The first kappa shape index (κ1) is 10.1. The van der Waals surface area contributed by atoms with E-state index in [1.807, 2.05) is 0 Å². The maximum absolute atomic E-state index is 13.0. The van der Waals surface area contributed by atoms with Gasteiger partial charge in [0.25, 0.3) is 0 Å². The maximum Gasteiger partial charge on any atom is 0.131 e. The van der Waals surface area contributed by atoms with Crippen molar-refractivity contribution in [3.8, 4) is 0 Å². The maximum atomic E-state index is 13.0. The Labute approximate surface area is 75.0 Å². The Bertz CT molecular complexity index is 271. The van der Waals surface area contributed by atoms with Crippen LogP contribution in [0.1, 0.15) is 18.1 Å². The second kappa shape index (κ2) is 4.30. The Morgan fingerprint density at radius 2 is 1.85 bits per heavy atom. The van der Waals surface area contributed by atoms with Gasteiger partial charge in [-0.1, -0.05) is 6.07 Å². The first-order valence-electron chi connectivity index (χ1n) is 3.99. The fraction of sp³-hybridized carbons (Fsp3) is 0.333. The Morgan fingerprint density at radius 3 is 2.31 bits per heavy atom. The van der Waals surface area contributed by atoms with E-state index in [-0.39, 0.29) is 18.5 Å². The molecule has 0 saturated carbocycles. The highest BCUT2D eigenvalue weighted by molar-refractivity contribution is 5.21. The van der Waals surface area contributed by atoms with Crippen LogP contribution < -0.4 is 5.73 Å². The molecule has 0 aromatic heterocycles. The average molecular weight is 187 g/mol. The lowest BCUT2D eigenvalue weighted by Gasteiger charge is -2.11. The molecule has 0 heterocycles. The summed E-state index contributed by atoms with van der Waals surface area (Å²) in [6.45, 7) is 0.189. The average Bonchev–Trinajstić information content (AvgIpc) is 2.04. The molecule has 0 aliphatic carbocycles. The molecule has 0 aliphatic heterocycles. The smallest absolute Gasteiger partial charge is 0.131 e. The van der Waals surface area contributed by atoms with E-state index in [4.69, 9.17) is 5.73 Å². The van der Waals surface area contributed by atoms with E-state index in [1.54, 1.807) is 0 Å². The molecule has 0 amide bonds. The van der Waals surface area contributed by atoms with Gasteiger partial charge in [-0.3, -0.25) is 0 Å².